The van der Waals surface area contributed by atoms with Crippen molar-refractivity contribution in [2.45, 2.75) is 19.9 Å². The molecule has 0 saturated heterocycles. The first-order valence-electron chi connectivity index (χ1n) is 5.83. The number of nitrogen functional groups attached to an aromatic ring is 1. The number of aromatic nitrogens is 2. The SMILES string of the molecule is CCCn1c(=O)cc(N)n(-c2ccccc2)c1=O. The summed E-state index contributed by atoms with van der Waals surface area (Å²) >= 11 is 0. The van der Waals surface area contributed by atoms with Gasteiger partial charge >= 0.3 is 5.69 Å². The van der Waals surface area contributed by atoms with Crippen molar-refractivity contribution in [2.75, 3.05) is 5.73 Å². The van der Waals surface area contributed by atoms with Crippen molar-refractivity contribution in [3.05, 3.63) is 57.2 Å². The topological polar surface area (TPSA) is 70.0 Å². The van der Waals surface area contributed by atoms with E-state index < -0.39 is 5.69 Å². The lowest BCUT2D eigenvalue weighted by molar-refractivity contribution is 0.600. The summed E-state index contributed by atoms with van der Waals surface area (Å²) < 4.78 is 2.54. The maximum atomic E-state index is 12.2. The van der Waals surface area contributed by atoms with Crippen molar-refractivity contribution in [1.82, 2.24) is 9.13 Å². The van der Waals surface area contributed by atoms with Gasteiger partial charge in [0.1, 0.15) is 5.82 Å². The molecule has 0 spiro atoms. The molecular formula is C13H15N3O2. The van der Waals surface area contributed by atoms with Gasteiger partial charge < -0.3 is 5.73 Å². The molecule has 1 aromatic heterocycles. The summed E-state index contributed by atoms with van der Waals surface area (Å²) in [6.07, 6.45) is 0.716. The number of hydrogen-bond acceptors (Lipinski definition) is 3. The summed E-state index contributed by atoms with van der Waals surface area (Å²) in [5, 5.41) is 0. The molecular weight excluding hydrogens is 230 g/mol. The van der Waals surface area contributed by atoms with Crippen LogP contribution in [0.3, 0.4) is 0 Å². The number of hydrogen-bond donors (Lipinski definition) is 1. The van der Waals surface area contributed by atoms with E-state index in [0.29, 0.717) is 18.7 Å². The van der Waals surface area contributed by atoms with Crippen LogP contribution in [0.2, 0.25) is 0 Å². The molecule has 2 rings (SSSR count). The molecule has 2 aromatic rings. The first-order valence-corrected chi connectivity index (χ1v) is 5.83. The third-order valence-electron chi connectivity index (χ3n) is 2.68. The highest BCUT2D eigenvalue weighted by Gasteiger charge is 2.09. The first-order chi connectivity index (χ1) is 8.65. The molecule has 1 aromatic carbocycles. The Bertz CT molecular complexity index is 656. The molecule has 0 bridgehead atoms. The molecule has 0 aliphatic heterocycles. The fourth-order valence-corrected chi connectivity index (χ4v) is 1.86. The van der Waals surface area contributed by atoms with Gasteiger partial charge in [0, 0.05) is 12.6 Å². The number of nitrogens with two attached hydrogens (primary N) is 1. The summed E-state index contributed by atoms with van der Waals surface area (Å²) in [6, 6.07) is 10.3. The van der Waals surface area contributed by atoms with E-state index in [2.05, 4.69) is 0 Å². The van der Waals surface area contributed by atoms with Crippen molar-refractivity contribution in [3.63, 3.8) is 0 Å². The van der Waals surface area contributed by atoms with E-state index in [4.69, 9.17) is 5.73 Å². The van der Waals surface area contributed by atoms with Crippen molar-refractivity contribution in [3.8, 4) is 5.69 Å². The number of para-hydroxylation sites is 1. The van der Waals surface area contributed by atoms with Crippen molar-refractivity contribution in [1.29, 1.82) is 0 Å². The Balaban J connectivity index is 2.73. The van der Waals surface area contributed by atoms with E-state index in [1.165, 1.54) is 15.2 Å². The van der Waals surface area contributed by atoms with Gasteiger partial charge in [-0.2, -0.15) is 0 Å². The molecule has 0 aliphatic carbocycles. The maximum Gasteiger partial charge on any atom is 0.337 e. The van der Waals surface area contributed by atoms with Crippen molar-refractivity contribution in [2.24, 2.45) is 0 Å². The largest absolute Gasteiger partial charge is 0.385 e. The third kappa shape index (κ3) is 2.07. The average Bonchev–Trinajstić information content (AvgIpc) is 2.35. The maximum absolute atomic E-state index is 12.2. The van der Waals surface area contributed by atoms with Gasteiger partial charge in [0.2, 0.25) is 0 Å². The molecule has 2 N–H and O–H groups in total. The molecule has 18 heavy (non-hydrogen) atoms. The second-order valence-electron chi connectivity index (χ2n) is 4.01. The smallest absolute Gasteiger partial charge is 0.337 e. The van der Waals surface area contributed by atoms with Crippen LogP contribution in [0.4, 0.5) is 5.82 Å². The molecule has 0 unspecified atom stereocenters. The minimum Gasteiger partial charge on any atom is -0.385 e. The van der Waals surface area contributed by atoms with Gasteiger partial charge in [-0.3, -0.25) is 9.36 Å². The molecule has 5 nitrogen and oxygen atoms in total. The summed E-state index contributed by atoms with van der Waals surface area (Å²) in [7, 11) is 0. The normalized spacial score (nSPS) is 10.5. The van der Waals surface area contributed by atoms with Crippen LogP contribution in [0, 0.1) is 0 Å². The number of rotatable bonds is 3. The van der Waals surface area contributed by atoms with Crippen LogP contribution in [-0.4, -0.2) is 9.13 Å². The van der Waals surface area contributed by atoms with Crippen LogP contribution in [0.25, 0.3) is 5.69 Å². The fourth-order valence-electron chi connectivity index (χ4n) is 1.86. The van der Waals surface area contributed by atoms with Gasteiger partial charge in [0.25, 0.3) is 5.56 Å². The standard InChI is InChI=1S/C13H15N3O2/c1-2-8-15-12(17)9-11(14)16(13(15)18)10-6-4-3-5-7-10/h3-7,9H,2,8,14H2,1H3. The molecule has 0 saturated carbocycles. The lowest BCUT2D eigenvalue weighted by Gasteiger charge is -2.12. The van der Waals surface area contributed by atoms with Crippen LogP contribution in [0.5, 0.6) is 0 Å². The van der Waals surface area contributed by atoms with Gasteiger partial charge in [-0.25, -0.2) is 9.36 Å². The van der Waals surface area contributed by atoms with E-state index in [-0.39, 0.29) is 11.4 Å². The molecule has 0 amide bonds. The first kappa shape index (κ1) is 12.2. The highest BCUT2D eigenvalue weighted by molar-refractivity contribution is 5.41. The van der Waals surface area contributed by atoms with Gasteiger partial charge in [-0.15, -0.1) is 0 Å². The van der Waals surface area contributed by atoms with E-state index in [0.717, 1.165) is 0 Å². The van der Waals surface area contributed by atoms with E-state index in [9.17, 15) is 9.59 Å². The monoisotopic (exact) mass is 245 g/mol. The third-order valence-corrected chi connectivity index (χ3v) is 2.68. The lowest BCUT2D eigenvalue weighted by Crippen LogP contribution is -2.39. The zero-order valence-corrected chi connectivity index (χ0v) is 10.2. The van der Waals surface area contributed by atoms with E-state index in [1.54, 1.807) is 12.1 Å². The Kier molecular flexibility index (Phi) is 3.32. The molecule has 94 valence electrons. The number of nitrogens with zero attached hydrogens (tertiary/aromatic N) is 2. The van der Waals surface area contributed by atoms with Gasteiger partial charge in [-0.05, 0) is 18.6 Å². The summed E-state index contributed by atoms with van der Waals surface area (Å²) in [4.78, 5) is 24.0. The Morgan fingerprint density at radius 2 is 1.83 bits per heavy atom. The van der Waals surface area contributed by atoms with Crippen LogP contribution in [0.1, 0.15) is 13.3 Å². The summed E-state index contributed by atoms with van der Waals surface area (Å²) in [5.41, 5.74) is 5.68. The highest BCUT2D eigenvalue weighted by Crippen LogP contribution is 2.07. The Hall–Kier alpha value is -2.30. The second kappa shape index (κ2) is 4.91. The van der Waals surface area contributed by atoms with Crippen LogP contribution >= 0.6 is 0 Å². The summed E-state index contributed by atoms with van der Waals surface area (Å²) in [5.74, 6) is 0.156. The minimum atomic E-state index is -0.395. The predicted molar refractivity (Wildman–Crippen MR) is 71.0 cm³/mol. The Morgan fingerprint density at radius 3 is 2.44 bits per heavy atom. The van der Waals surface area contributed by atoms with Crippen LogP contribution in [-0.2, 0) is 6.54 Å². The van der Waals surface area contributed by atoms with E-state index >= 15 is 0 Å². The molecule has 5 heteroatoms. The zero-order chi connectivity index (χ0) is 13.1. The summed E-state index contributed by atoms with van der Waals surface area (Å²) in [6.45, 7) is 2.31. The van der Waals surface area contributed by atoms with Crippen molar-refractivity contribution < 1.29 is 0 Å². The van der Waals surface area contributed by atoms with Crippen LogP contribution < -0.4 is 17.0 Å². The number of benzene rings is 1. The molecule has 0 atom stereocenters. The molecule has 1 heterocycles. The van der Waals surface area contributed by atoms with Gasteiger partial charge in [0.15, 0.2) is 0 Å². The quantitative estimate of drug-likeness (QED) is 0.876. The minimum absolute atomic E-state index is 0.156. The Labute approximate surface area is 104 Å². The molecule has 0 radical (unpaired) electrons. The van der Waals surface area contributed by atoms with Gasteiger partial charge in [0.05, 0.1) is 5.69 Å². The van der Waals surface area contributed by atoms with Crippen LogP contribution in [0.15, 0.2) is 46.0 Å². The van der Waals surface area contributed by atoms with Crippen molar-refractivity contribution >= 4 is 5.82 Å². The zero-order valence-electron chi connectivity index (χ0n) is 10.2. The Morgan fingerprint density at radius 1 is 1.17 bits per heavy atom. The fraction of sp³-hybridized carbons (Fsp3) is 0.231. The van der Waals surface area contributed by atoms with E-state index in [1.807, 2.05) is 25.1 Å². The number of anilines is 1. The lowest BCUT2D eigenvalue weighted by atomic mass is 10.3. The van der Waals surface area contributed by atoms with Gasteiger partial charge in [-0.1, -0.05) is 25.1 Å². The molecule has 0 aliphatic rings. The average molecular weight is 245 g/mol. The second-order valence-corrected chi connectivity index (χ2v) is 4.01. The molecule has 0 fully saturated rings. The highest BCUT2D eigenvalue weighted by atomic mass is 16.2. The predicted octanol–water partition coefficient (Wildman–Crippen LogP) is 0.991.